The molecule has 0 saturated heterocycles. The third-order valence-electron chi connectivity index (χ3n) is 3.06. The number of nitrogens with one attached hydrogen (secondary N) is 1. The summed E-state index contributed by atoms with van der Waals surface area (Å²) in [5.74, 6) is 0.639. The second kappa shape index (κ2) is 3.64. The fourth-order valence-corrected chi connectivity index (χ4v) is 2.26. The highest BCUT2D eigenvalue weighted by atomic mass is 14.9. The summed E-state index contributed by atoms with van der Waals surface area (Å²) in [6, 6.07) is 7.27. The third-order valence-corrected chi connectivity index (χ3v) is 3.06. The van der Waals surface area contributed by atoms with Gasteiger partial charge in [-0.25, -0.2) is 0 Å². The second-order valence-corrected chi connectivity index (χ2v) is 4.61. The van der Waals surface area contributed by atoms with Gasteiger partial charge in [0.15, 0.2) is 0 Å². The van der Waals surface area contributed by atoms with Crippen molar-refractivity contribution >= 4 is 5.69 Å². The first-order valence-electron chi connectivity index (χ1n) is 5.57. The maximum absolute atomic E-state index is 3.56. The third kappa shape index (κ3) is 1.63. The Kier molecular flexibility index (Phi) is 2.49. The van der Waals surface area contributed by atoms with Crippen LogP contribution < -0.4 is 5.32 Å². The standard InChI is InChI=1S/C13H19N/c1-9(2)11-5-4-6-13-12(11)8-7-10(3)14-13/h4-6,9-10,14H,7-8H2,1-3H3. The van der Waals surface area contributed by atoms with Crippen molar-refractivity contribution in [3.05, 3.63) is 29.3 Å². The molecule has 1 nitrogen and oxygen atoms in total. The van der Waals surface area contributed by atoms with Gasteiger partial charge in [0.05, 0.1) is 0 Å². The zero-order valence-electron chi connectivity index (χ0n) is 9.30. The van der Waals surface area contributed by atoms with Crippen LogP contribution in [0.2, 0.25) is 0 Å². The molecule has 1 aromatic carbocycles. The predicted molar refractivity (Wildman–Crippen MR) is 61.9 cm³/mol. The number of rotatable bonds is 1. The molecule has 76 valence electrons. The summed E-state index contributed by atoms with van der Waals surface area (Å²) in [6.45, 7) is 6.80. The van der Waals surface area contributed by atoms with Crippen molar-refractivity contribution in [2.24, 2.45) is 0 Å². The van der Waals surface area contributed by atoms with E-state index < -0.39 is 0 Å². The summed E-state index contributed by atoms with van der Waals surface area (Å²) in [4.78, 5) is 0. The largest absolute Gasteiger partial charge is 0.382 e. The summed E-state index contributed by atoms with van der Waals surface area (Å²) in [7, 11) is 0. The van der Waals surface area contributed by atoms with Gasteiger partial charge in [0, 0.05) is 11.7 Å². The van der Waals surface area contributed by atoms with E-state index in [2.05, 4.69) is 44.3 Å². The van der Waals surface area contributed by atoms with E-state index in [-0.39, 0.29) is 0 Å². The highest BCUT2D eigenvalue weighted by molar-refractivity contribution is 5.57. The van der Waals surface area contributed by atoms with Gasteiger partial charge in [0.2, 0.25) is 0 Å². The Bertz CT molecular complexity index is 328. The normalized spacial score (nSPS) is 20.4. The van der Waals surface area contributed by atoms with Gasteiger partial charge in [-0.1, -0.05) is 26.0 Å². The van der Waals surface area contributed by atoms with Gasteiger partial charge in [-0.3, -0.25) is 0 Å². The van der Waals surface area contributed by atoms with E-state index in [1.807, 2.05) is 0 Å². The van der Waals surface area contributed by atoms with Crippen molar-refractivity contribution in [2.75, 3.05) is 5.32 Å². The number of fused-ring (bicyclic) bond motifs is 1. The summed E-state index contributed by atoms with van der Waals surface area (Å²) in [5, 5.41) is 3.56. The van der Waals surface area contributed by atoms with Crippen LogP contribution in [0.1, 0.15) is 44.2 Å². The Balaban J connectivity index is 2.41. The fraction of sp³-hybridized carbons (Fsp3) is 0.538. The Morgan fingerprint density at radius 1 is 1.36 bits per heavy atom. The molecule has 0 fully saturated rings. The van der Waals surface area contributed by atoms with Gasteiger partial charge >= 0.3 is 0 Å². The molecule has 1 aliphatic heterocycles. The topological polar surface area (TPSA) is 12.0 Å². The van der Waals surface area contributed by atoms with Gasteiger partial charge in [-0.15, -0.1) is 0 Å². The summed E-state index contributed by atoms with van der Waals surface area (Å²) in [5.41, 5.74) is 4.41. The molecule has 0 aromatic heterocycles. The lowest BCUT2D eigenvalue weighted by Gasteiger charge is -2.27. The molecule has 1 atom stereocenters. The lowest BCUT2D eigenvalue weighted by atomic mass is 9.89. The van der Waals surface area contributed by atoms with Crippen LogP contribution in [0.4, 0.5) is 5.69 Å². The quantitative estimate of drug-likeness (QED) is 0.712. The Morgan fingerprint density at radius 3 is 2.86 bits per heavy atom. The average Bonchev–Trinajstić information content (AvgIpc) is 2.16. The van der Waals surface area contributed by atoms with Crippen molar-refractivity contribution in [3.63, 3.8) is 0 Å². The second-order valence-electron chi connectivity index (χ2n) is 4.61. The van der Waals surface area contributed by atoms with Crippen molar-refractivity contribution in [3.8, 4) is 0 Å². The monoisotopic (exact) mass is 189 g/mol. The van der Waals surface area contributed by atoms with E-state index >= 15 is 0 Å². The van der Waals surface area contributed by atoms with E-state index in [4.69, 9.17) is 0 Å². The minimum atomic E-state index is 0.630. The van der Waals surface area contributed by atoms with Crippen LogP contribution >= 0.6 is 0 Å². The average molecular weight is 189 g/mol. The number of hydrogen-bond donors (Lipinski definition) is 1. The molecule has 0 saturated carbocycles. The van der Waals surface area contributed by atoms with Gasteiger partial charge in [0.1, 0.15) is 0 Å². The van der Waals surface area contributed by atoms with Crippen LogP contribution in [0.15, 0.2) is 18.2 Å². The Labute approximate surface area is 86.5 Å². The highest BCUT2D eigenvalue weighted by Gasteiger charge is 2.17. The fourth-order valence-electron chi connectivity index (χ4n) is 2.26. The molecule has 1 heteroatoms. The van der Waals surface area contributed by atoms with Crippen molar-refractivity contribution < 1.29 is 0 Å². The number of hydrogen-bond acceptors (Lipinski definition) is 1. The van der Waals surface area contributed by atoms with Crippen LogP contribution in [-0.4, -0.2) is 6.04 Å². The highest BCUT2D eigenvalue weighted by Crippen LogP contribution is 2.31. The molecule has 0 amide bonds. The van der Waals surface area contributed by atoms with E-state index in [9.17, 15) is 0 Å². The van der Waals surface area contributed by atoms with E-state index in [1.54, 1.807) is 5.56 Å². The Morgan fingerprint density at radius 2 is 2.14 bits per heavy atom. The predicted octanol–water partition coefficient (Wildman–Crippen LogP) is 3.56. The number of benzene rings is 1. The zero-order valence-corrected chi connectivity index (χ0v) is 9.30. The van der Waals surface area contributed by atoms with Crippen LogP contribution in [-0.2, 0) is 6.42 Å². The lowest BCUT2D eigenvalue weighted by Crippen LogP contribution is -2.22. The molecular formula is C13H19N. The maximum Gasteiger partial charge on any atom is 0.0377 e. The summed E-state index contributed by atoms with van der Waals surface area (Å²) in [6.07, 6.45) is 2.49. The minimum absolute atomic E-state index is 0.630. The van der Waals surface area contributed by atoms with E-state index in [0.717, 1.165) is 0 Å². The van der Waals surface area contributed by atoms with Gasteiger partial charge < -0.3 is 5.32 Å². The Hall–Kier alpha value is -0.980. The van der Waals surface area contributed by atoms with Gasteiger partial charge in [0.25, 0.3) is 0 Å². The first-order chi connectivity index (χ1) is 6.68. The molecule has 0 aliphatic carbocycles. The lowest BCUT2D eigenvalue weighted by molar-refractivity contribution is 0.670. The SMILES string of the molecule is CC1CCc2c(cccc2C(C)C)N1. The molecule has 1 unspecified atom stereocenters. The van der Waals surface area contributed by atoms with E-state index in [1.165, 1.54) is 24.1 Å². The number of anilines is 1. The molecular weight excluding hydrogens is 170 g/mol. The van der Waals surface area contributed by atoms with Crippen molar-refractivity contribution in [1.29, 1.82) is 0 Å². The van der Waals surface area contributed by atoms with E-state index in [0.29, 0.717) is 12.0 Å². The first-order valence-corrected chi connectivity index (χ1v) is 5.57. The molecule has 2 rings (SSSR count). The molecule has 0 bridgehead atoms. The molecule has 0 radical (unpaired) electrons. The van der Waals surface area contributed by atoms with Gasteiger partial charge in [-0.05, 0) is 42.9 Å². The molecule has 1 heterocycles. The van der Waals surface area contributed by atoms with Crippen LogP contribution in [0.25, 0.3) is 0 Å². The van der Waals surface area contributed by atoms with Crippen LogP contribution in [0, 0.1) is 0 Å². The minimum Gasteiger partial charge on any atom is -0.382 e. The molecule has 1 N–H and O–H groups in total. The van der Waals surface area contributed by atoms with Gasteiger partial charge in [-0.2, -0.15) is 0 Å². The maximum atomic E-state index is 3.56. The van der Waals surface area contributed by atoms with Crippen LogP contribution in [0.3, 0.4) is 0 Å². The first kappa shape index (κ1) is 9.57. The molecule has 0 spiro atoms. The molecule has 1 aromatic rings. The molecule has 1 aliphatic rings. The molecule has 14 heavy (non-hydrogen) atoms. The summed E-state index contributed by atoms with van der Waals surface area (Å²) >= 11 is 0. The van der Waals surface area contributed by atoms with Crippen LogP contribution in [0.5, 0.6) is 0 Å². The smallest absolute Gasteiger partial charge is 0.0377 e. The summed E-state index contributed by atoms with van der Waals surface area (Å²) < 4.78 is 0. The van der Waals surface area contributed by atoms with Crippen molar-refractivity contribution in [2.45, 2.75) is 45.6 Å². The zero-order chi connectivity index (χ0) is 10.1. The van der Waals surface area contributed by atoms with Crippen molar-refractivity contribution in [1.82, 2.24) is 0 Å².